The molecule has 0 amide bonds. The summed E-state index contributed by atoms with van der Waals surface area (Å²) in [5.41, 5.74) is 0. The summed E-state index contributed by atoms with van der Waals surface area (Å²) >= 11 is 0. The minimum absolute atomic E-state index is 0.294. The normalized spacial score (nSPS) is 10.3. The Bertz CT molecular complexity index is 235. The van der Waals surface area contributed by atoms with Crippen molar-refractivity contribution in [3.63, 3.8) is 0 Å². The number of nitrogens with zero attached hydrogens (tertiary/aromatic N) is 2. The van der Waals surface area contributed by atoms with Crippen LogP contribution in [-0.2, 0) is 7.05 Å². The maximum Gasteiger partial charge on any atom is 0.202 e. The van der Waals surface area contributed by atoms with Gasteiger partial charge < -0.3 is 15.0 Å². The molecular formula is C9H17N3O. The van der Waals surface area contributed by atoms with Gasteiger partial charge in [-0.2, -0.15) is 0 Å². The van der Waals surface area contributed by atoms with E-state index in [1.165, 1.54) is 0 Å². The molecule has 0 saturated heterocycles. The van der Waals surface area contributed by atoms with Crippen LogP contribution in [0.15, 0.2) is 12.4 Å². The zero-order chi connectivity index (χ0) is 9.52. The summed E-state index contributed by atoms with van der Waals surface area (Å²) < 4.78 is 1.95. The van der Waals surface area contributed by atoms with Gasteiger partial charge in [0, 0.05) is 32.6 Å². The molecule has 1 rings (SSSR count). The molecule has 1 heterocycles. The number of unbranched alkanes of at least 4 members (excludes halogenated alkanes) is 2. The Kier molecular flexibility index (Phi) is 4.32. The van der Waals surface area contributed by atoms with Crippen molar-refractivity contribution < 1.29 is 5.11 Å². The Balaban J connectivity index is 2.10. The lowest BCUT2D eigenvalue weighted by atomic mass is 10.2. The zero-order valence-corrected chi connectivity index (χ0v) is 8.03. The highest BCUT2D eigenvalue weighted by Crippen LogP contribution is 2.01. The quantitative estimate of drug-likeness (QED) is 0.647. The first-order chi connectivity index (χ1) is 6.34. The highest BCUT2D eigenvalue weighted by molar-refractivity contribution is 5.24. The fourth-order valence-electron chi connectivity index (χ4n) is 1.15. The summed E-state index contributed by atoms with van der Waals surface area (Å²) in [5.74, 6) is 0.906. The molecule has 74 valence electrons. The predicted octanol–water partition coefficient (Wildman–Crippen LogP) is 0.995. The van der Waals surface area contributed by atoms with Crippen molar-refractivity contribution in [2.45, 2.75) is 19.3 Å². The number of imidazole rings is 1. The van der Waals surface area contributed by atoms with Gasteiger partial charge in [-0.25, -0.2) is 4.98 Å². The Morgan fingerprint density at radius 3 is 2.92 bits per heavy atom. The molecule has 1 aromatic rings. The zero-order valence-electron chi connectivity index (χ0n) is 8.03. The second kappa shape index (κ2) is 5.59. The van der Waals surface area contributed by atoms with Crippen LogP contribution < -0.4 is 5.32 Å². The molecule has 0 saturated carbocycles. The summed E-state index contributed by atoms with van der Waals surface area (Å²) in [6, 6.07) is 0. The van der Waals surface area contributed by atoms with Crippen molar-refractivity contribution in [1.82, 2.24) is 9.55 Å². The van der Waals surface area contributed by atoms with Crippen LogP contribution in [0.5, 0.6) is 0 Å². The van der Waals surface area contributed by atoms with Crippen molar-refractivity contribution in [2.75, 3.05) is 18.5 Å². The van der Waals surface area contributed by atoms with E-state index in [4.69, 9.17) is 5.11 Å². The minimum Gasteiger partial charge on any atom is -0.396 e. The first-order valence-corrected chi connectivity index (χ1v) is 4.66. The third-order valence-corrected chi connectivity index (χ3v) is 1.94. The van der Waals surface area contributed by atoms with Gasteiger partial charge in [0.05, 0.1) is 0 Å². The second-order valence-electron chi connectivity index (χ2n) is 3.07. The largest absolute Gasteiger partial charge is 0.396 e. The maximum absolute atomic E-state index is 8.56. The van der Waals surface area contributed by atoms with Crippen LogP contribution in [0.25, 0.3) is 0 Å². The molecule has 2 N–H and O–H groups in total. The SMILES string of the molecule is Cn1ccnc1NCCCCCO. The van der Waals surface area contributed by atoms with Gasteiger partial charge in [-0.15, -0.1) is 0 Å². The lowest BCUT2D eigenvalue weighted by Crippen LogP contribution is -2.06. The number of aromatic nitrogens is 2. The maximum atomic E-state index is 8.56. The standard InChI is InChI=1S/C9H17N3O/c1-12-7-6-11-9(12)10-5-3-2-4-8-13/h6-7,13H,2-5,8H2,1H3,(H,10,11). The van der Waals surface area contributed by atoms with Gasteiger partial charge in [0.2, 0.25) is 5.95 Å². The van der Waals surface area contributed by atoms with Crippen LogP contribution in [0.2, 0.25) is 0 Å². The molecule has 0 spiro atoms. The number of aliphatic hydroxyl groups excluding tert-OH is 1. The van der Waals surface area contributed by atoms with E-state index in [1.807, 2.05) is 17.8 Å². The molecule has 4 nitrogen and oxygen atoms in total. The van der Waals surface area contributed by atoms with Gasteiger partial charge >= 0.3 is 0 Å². The van der Waals surface area contributed by atoms with E-state index < -0.39 is 0 Å². The summed E-state index contributed by atoms with van der Waals surface area (Å²) in [4.78, 5) is 4.14. The molecule has 4 heteroatoms. The molecule has 0 aliphatic carbocycles. The van der Waals surface area contributed by atoms with E-state index in [2.05, 4.69) is 10.3 Å². The van der Waals surface area contributed by atoms with Gasteiger partial charge in [0.15, 0.2) is 0 Å². The lowest BCUT2D eigenvalue weighted by molar-refractivity contribution is 0.283. The molecule has 0 bridgehead atoms. The van der Waals surface area contributed by atoms with Crippen molar-refractivity contribution >= 4 is 5.95 Å². The highest BCUT2D eigenvalue weighted by Gasteiger charge is 1.95. The van der Waals surface area contributed by atoms with Gasteiger partial charge in [0.1, 0.15) is 0 Å². The summed E-state index contributed by atoms with van der Waals surface area (Å²) in [6.45, 7) is 1.22. The number of nitrogens with one attached hydrogen (secondary N) is 1. The Morgan fingerprint density at radius 2 is 2.31 bits per heavy atom. The van der Waals surface area contributed by atoms with Gasteiger partial charge in [-0.3, -0.25) is 0 Å². The molecule has 13 heavy (non-hydrogen) atoms. The van der Waals surface area contributed by atoms with Gasteiger partial charge in [0.25, 0.3) is 0 Å². The van der Waals surface area contributed by atoms with Crippen molar-refractivity contribution in [3.8, 4) is 0 Å². The molecule has 1 aromatic heterocycles. The Hall–Kier alpha value is -1.03. The van der Waals surface area contributed by atoms with Crippen LogP contribution in [-0.4, -0.2) is 27.8 Å². The van der Waals surface area contributed by atoms with E-state index in [-0.39, 0.29) is 0 Å². The van der Waals surface area contributed by atoms with Crippen LogP contribution in [0.1, 0.15) is 19.3 Å². The van der Waals surface area contributed by atoms with Crippen LogP contribution >= 0.6 is 0 Å². The second-order valence-corrected chi connectivity index (χ2v) is 3.07. The minimum atomic E-state index is 0.294. The highest BCUT2D eigenvalue weighted by atomic mass is 16.2. The van der Waals surface area contributed by atoms with E-state index in [0.717, 1.165) is 31.8 Å². The van der Waals surface area contributed by atoms with Crippen molar-refractivity contribution in [2.24, 2.45) is 7.05 Å². The van der Waals surface area contributed by atoms with Crippen LogP contribution in [0, 0.1) is 0 Å². The van der Waals surface area contributed by atoms with Crippen LogP contribution in [0.4, 0.5) is 5.95 Å². The molecule has 0 aromatic carbocycles. The molecule has 0 aliphatic rings. The van der Waals surface area contributed by atoms with Crippen molar-refractivity contribution in [1.29, 1.82) is 0 Å². The topological polar surface area (TPSA) is 50.1 Å². The number of hydrogen-bond acceptors (Lipinski definition) is 3. The first kappa shape index (κ1) is 10.1. The van der Waals surface area contributed by atoms with E-state index in [1.54, 1.807) is 6.20 Å². The molecule has 0 atom stereocenters. The Labute approximate surface area is 78.6 Å². The average molecular weight is 183 g/mol. The molecule has 0 fully saturated rings. The molecule has 0 radical (unpaired) electrons. The van der Waals surface area contributed by atoms with E-state index in [0.29, 0.717) is 6.61 Å². The number of hydrogen-bond donors (Lipinski definition) is 2. The number of rotatable bonds is 6. The summed E-state index contributed by atoms with van der Waals surface area (Å²) in [7, 11) is 1.96. The van der Waals surface area contributed by atoms with Gasteiger partial charge in [-0.1, -0.05) is 0 Å². The van der Waals surface area contributed by atoms with E-state index >= 15 is 0 Å². The van der Waals surface area contributed by atoms with Crippen LogP contribution in [0.3, 0.4) is 0 Å². The van der Waals surface area contributed by atoms with Crippen molar-refractivity contribution in [3.05, 3.63) is 12.4 Å². The number of aryl methyl sites for hydroxylation is 1. The smallest absolute Gasteiger partial charge is 0.202 e. The summed E-state index contributed by atoms with van der Waals surface area (Å²) in [6.07, 6.45) is 6.72. The number of anilines is 1. The number of aliphatic hydroxyl groups is 1. The first-order valence-electron chi connectivity index (χ1n) is 4.66. The summed E-state index contributed by atoms with van der Waals surface area (Å²) in [5, 5.41) is 11.8. The van der Waals surface area contributed by atoms with E-state index in [9.17, 15) is 0 Å². The Morgan fingerprint density at radius 1 is 1.46 bits per heavy atom. The molecule has 0 unspecified atom stereocenters. The molecular weight excluding hydrogens is 166 g/mol. The third kappa shape index (κ3) is 3.46. The average Bonchev–Trinajstić information content (AvgIpc) is 2.52. The third-order valence-electron chi connectivity index (χ3n) is 1.94. The fourth-order valence-corrected chi connectivity index (χ4v) is 1.15. The predicted molar refractivity (Wildman–Crippen MR) is 52.6 cm³/mol. The fraction of sp³-hybridized carbons (Fsp3) is 0.667. The van der Waals surface area contributed by atoms with Gasteiger partial charge in [-0.05, 0) is 19.3 Å². The lowest BCUT2D eigenvalue weighted by Gasteiger charge is -2.04. The molecule has 0 aliphatic heterocycles. The monoisotopic (exact) mass is 183 g/mol.